The summed E-state index contributed by atoms with van der Waals surface area (Å²) in [6.07, 6.45) is -4.95. The standard InChI is InChI=1S/C19H8ClF8N3OS/c1-18(5-30,31-17(33)10-12(21)14(23)16(25)15(24)13(10)22)6-32-9-3-7(4-29)2-8(11(9)20)19(26,27)28/h2-3H,6H2,1H3,(H,31,33). The van der Waals surface area contributed by atoms with Crippen molar-refractivity contribution >= 4 is 28.8 Å². The van der Waals surface area contributed by atoms with Crippen molar-refractivity contribution in [3.8, 4) is 17.9 Å². The van der Waals surface area contributed by atoms with Gasteiger partial charge in [0.1, 0.15) is 17.3 Å². The van der Waals surface area contributed by atoms with Crippen molar-refractivity contribution < 1.29 is 39.9 Å². The van der Waals surface area contributed by atoms with Crippen LogP contribution in [0, 0.1) is 51.7 Å². The molecular weight excluding hydrogens is 506 g/mol. The molecule has 2 aromatic rings. The van der Waals surface area contributed by atoms with E-state index < -0.39 is 79.9 Å². The van der Waals surface area contributed by atoms with E-state index in [1.54, 1.807) is 6.07 Å². The fourth-order valence-corrected chi connectivity index (χ4v) is 3.08. The summed E-state index contributed by atoms with van der Waals surface area (Å²) < 4.78 is 112. The fourth-order valence-electron chi connectivity index (χ4n) is 2.41. The molecule has 0 aliphatic heterocycles. The number of alkyl halides is 3. The molecule has 14 heteroatoms. The lowest BCUT2D eigenvalue weighted by molar-refractivity contribution is -0.137. The van der Waals surface area contributed by atoms with Crippen LogP contribution in [-0.2, 0) is 6.18 Å². The second kappa shape index (κ2) is 9.37. The minimum absolute atomic E-state index is 0.467. The predicted molar refractivity (Wildman–Crippen MR) is 102 cm³/mol. The third-order valence-corrected chi connectivity index (χ3v) is 4.76. The molecule has 1 N–H and O–H groups in total. The van der Waals surface area contributed by atoms with Gasteiger partial charge in [0.25, 0.3) is 0 Å². The molecule has 174 valence electrons. The molecule has 4 nitrogen and oxygen atoms in total. The lowest BCUT2D eigenvalue weighted by atomic mass is 10.0. The van der Waals surface area contributed by atoms with E-state index in [9.17, 15) is 40.4 Å². The highest BCUT2D eigenvalue weighted by atomic mass is 35.5. The third kappa shape index (κ3) is 5.26. The summed E-state index contributed by atoms with van der Waals surface area (Å²) in [5.41, 5.74) is -5.46. The van der Waals surface area contributed by atoms with Crippen LogP contribution < -0.4 is 10.1 Å². The van der Waals surface area contributed by atoms with Crippen LogP contribution in [0.1, 0.15) is 23.6 Å². The maximum absolute atomic E-state index is 14.0. The number of hydrogen-bond donors (Lipinski definition) is 1. The van der Waals surface area contributed by atoms with E-state index in [0.29, 0.717) is 6.07 Å². The van der Waals surface area contributed by atoms with Gasteiger partial charge in [-0.1, -0.05) is 23.8 Å². The van der Waals surface area contributed by atoms with Gasteiger partial charge in [0.05, 0.1) is 33.9 Å². The zero-order valence-corrected chi connectivity index (χ0v) is 17.5. The molecule has 0 heterocycles. The molecule has 0 aromatic heterocycles. The van der Waals surface area contributed by atoms with E-state index >= 15 is 0 Å². The number of benzene rings is 2. The Labute approximate surface area is 190 Å². The number of thiocarbonyl (C=S) groups is 1. The van der Waals surface area contributed by atoms with Crippen LogP contribution >= 0.6 is 23.8 Å². The molecule has 0 spiro atoms. The van der Waals surface area contributed by atoms with Crippen molar-refractivity contribution in [2.75, 3.05) is 6.61 Å². The number of halogens is 9. The molecule has 33 heavy (non-hydrogen) atoms. The van der Waals surface area contributed by atoms with Gasteiger partial charge in [-0.25, -0.2) is 22.0 Å². The Morgan fingerprint density at radius 3 is 2.00 bits per heavy atom. The Morgan fingerprint density at radius 1 is 1.03 bits per heavy atom. The number of hydrogen-bond acceptors (Lipinski definition) is 4. The van der Waals surface area contributed by atoms with Gasteiger partial charge in [-0.2, -0.15) is 23.7 Å². The first-order valence-corrected chi connectivity index (χ1v) is 9.14. The van der Waals surface area contributed by atoms with Gasteiger partial charge in [-0.05, 0) is 19.1 Å². The molecule has 0 fully saturated rings. The van der Waals surface area contributed by atoms with Gasteiger partial charge in [-0.15, -0.1) is 0 Å². The number of rotatable bonds is 5. The molecule has 0 saturated carbocycles. The Bertz CT molecular complexity index is 1190. The molecule has 2 aromatic carbocycles. The lowest BCUT2D eigenvalue weighted by Crippen LogP contribution is -2.49. The SMILES string of the molecule is CC(C#N)(COc1cc(C#N)cc(C(F)(F)F)c1Cl)NC(=S)c1c(F)c(F)c(F)c(F)c1F. The quantitative estimate of drug-likeness (QED) is 0.246. The van der Waals surface area contributed by atoms with Crippen LogP contribution in [0.15, 0.2) is 12.1 Å². The van der Waals surface area contributed by atoms with Crippen molar-refractivity contribution in [1.82, 2.24) is 5.32 Å². The summed E-state index contributed by atoms with van der Waals surface area (Å²) in [6.45, 7) is 0.142. The molecule has 0 aliphatic carbocycles. The molecule has 0 bridgehead atoms. The van der Waals surface area contributed by atoms with Crippen LogP contribution in [-0.4, -0.2) is 17.1 Å². The zero-order chi connectivity index (χ0) is 25.3. The normalized spacial score (nSPS) is 13.0. The zero-order valence-electron chi connectivity index (χ0n) is 16.0. The van der Waals surface area contributed by atoms with Crippen molar-refractivity contribution in [1.29, 1.82) is 10.5 Å². The Kier molecular flexibility index (Phi) is 7.41. The maximum Gasteiger partial charge on any atom is 0.418 e. The highest BCUT2D eigenvalue weighted by molar-refractivity contribution is 7.80. The van der Waals surface area contributed by atoms with Crippen LogP contribution in [0.3, 0.4) is 0 Å². The summed E-state index contributed by atoms with van der Waals surface area (Å²) in [7, 11) is 0. The van der Waals surface area contributed by atoms with Gasteiger partial charge >= 0.3 is 6.18 Å². The summed E-state index contributed by atoms with van der Waals surface area (Å²) in [5.74, 6) is -12.1. The largest absolute Gasteiger partial charge is 0.488 e. The van der Waals surface area contributed by atoms with E-state index in [4.69, 9.17) is 21.6 Å². The monoisotopic (exact) mass is 513 g/mol. The average molecular weight is 514 g/mol. The highest BCUT2D eigenvalue weighted by Crippen LogP contribution is 2.40. The molecule has 0 saturated heterocycles. The summed E-state index contributed by atoms with van der Waals surface area (Å²) in [6, 6.07) is 4.35. The van der Waals surface area contributed by atoms with Gasteiger partial charge in [0.15, 0.2) is 28.8 Å². The van der Waals surface area contributed by atoms with Crippen LogP contribution in [0.2, 0.25) is 5.02 Å². The summed E-state index contributed by atoms with van der Waals surface area (Å²) >= 11 is 10.4. The molecular formula is C19H8ClF8N3OS. The molecule has 1 atom stereocenters. The van der Waals surface area contributed by atoms with Crippen molar-refractivity contribution in [2.24, 2.45) is 0 Å². The van der Waals surface area contributed by atoms with Gasteiger partial charge < -0.3 is 10.1 Å². The Balaban J connectivity index is 2.37. The van der Waals surface area contributed by atoms with Crippen LogP contribution in [0.5, 0.6) is 5.75 Å². The fraction of sp³-hybridized carbons (Fsp3) is 0.211. The highest BCUT2D eigenvalue weighted by Gasteiger charge is 2.36. The molecule has 0 radical (unpaired) electrons. The average Bonchev–Trinajstić information content (AvgIpc) is 2.74. The minimum atomic E-state index is -4.95. The predicted octanol–water partition coefficient (Wildman–Crippen LogP) is 5.55. The molecule has 0 amide bonds. The molecule has 0 aliphatic rings. The Hall–Kier alpha value is -3.16. The summed E-state index contributed by atoms with van der Waals surface area (Å²) in [5, 5.41) is 19.4. The van der Waals surface area contributed by atoms with E-state index in [2.05, 4.69) is 17.5 Å². The number of ether oxygens (including phenoxy) is 1. The van der Waals surface area contributed by atoms with Crippen molar-refractivity contribution in [3.05, 3.63) is 62.9 Å². The smallest absolute Gasteiger partial charge is 0.418 e. The number of nitrogens with one attached hydrogen (secondary N) is 1. The van der Waals surface area contributed by atoms with E-state index in [-0.39, 0.29) is 0 Å². The van der Waals surface area contributed by atoms with Crippen LogP contribution in [0.4, 0.5) is 35.1 Å². The molecule has 1 unspecified atom stereocenters. The first kappa shape index (κ1) is 26.1. The minimum Gasteiger partial charge on any atom is -0.488 e. The van der Waals surface area contributed by atoms with Gasteiger partial charge in [0, 0.05) is 0 Å². The number of nitrogens with zero attached hydrogens (tertiary/aromatic N) is 2. The second-order valence-electron chi connectivity index (χ2n) is 6.58. The lowest BCUT2D eigenvalue weighted by Gasteiger charge is -2.26. The molecule has 2 rings (SSSR count). The summed E-state index contributed by atoms with van der Waals surface area (Å²) in [4.78, 5) is -1.07. The van der Waals surface area contributed by atoms with Crippen LogP contribution in [0.25, 0.3) is 0 Å². The van der Waals surface area contributed by atoms with E-state index in [1.165, 1.54) is 6.07 Å². The third-order valence-electron chi connectivity index (χ3n) is 4.06. The van der Waals surface area contributed by atoms with Gasteiger partial charge in [0.2, 0.25) is 5.82 Å². The second-order valence-corrected chi connectivity index (χ2v) is 7.36. The maximum atomic E-state index is 14.0. The van der Waals surface area contributed by atoms with Gasteiger partial charge in [-0.3, -0.25) is 0 Å². The topological polar surface area (TPSA) is 68.8 Å². The first-order chi connectivity index (χ1) is 15.2. The van der Waals surface area contributed by atoms with E-state index in [0.717, 1.165) is 13.0 Å². The first-order valence-electron chi connectivity index (χ1n) is 8.35. The Morgan fingerprint density at radius 2 is 1.55 bits per heavy atom. The van der Waals surface area contributed by atoms with E-state index in [1.807, 2.05) is 0 Å². The van der Waals surface area contributed by atoms with Crippen molar-refractivity contribution in [2.45, 2.75) is 18.6 Å². The number of nitriles is 2. The van der Waals surface area contributed by atoms with Crippen molar-refractivity contribution in [3.63, 3.8) is 0 Å².